The van der Waals surface area contributed by atoms with E-state index in [2.05, 4.69) is 53.0 Å². The molecule has 0 aliphatic carbocycles. The van der Waals surface area contributed by atoms with Crippen molar-refractivity contribution in [2.45, 2.75) is 146 Å². The van der Waals surface area contributed by atoms with Crippen LogP contribution in [-0.2, 0) is 64.0 Å². The highest BCUT2D eigenvalue weighted by molar-refractivity contribution is 7.98. The largest absolute Gasteiger partial charge is 0.481 e. The molecule has 0 aromatic heterocycles. The smallest absolute Gasteiger partial charge is 0.336 e. The lowest BCUT2D eigenvalue weighted by atomic mass is 10.0. The van der Waals surface area contributed by atoms with E-state index in [0.29, 0.717) is 17.0 Å². The monoisotopic (exact) mass is 1210 g/mol. The van der Waals surface area contributed by atoms with Gasteiger partial charge in [0.1, 0.15) is 54.4 Å². The summed E-state index contributed by atoms with van der Waals surface area (Å²) in [6.45, 7) is 3.29. The normalized spacial score (nSPS) is 14.1. The SMILES string of the molecule is CSCCN(NC(=O)[C@H](CCCCN)NC(=O)[C@@H](NC(=O)[C@H](CCC(=O)O)NC(=O)[C@@H](N)CO)C(C)C)C(=O)N[C@@H](CC(=O)O)C(=O)N[C@@H](C)C(=O)N[C@@H](CCC(=O)O)C(=O)N[C@@H](Cc1ccccc1)C(=O)N[C@@H](CCCN=C(N)N)C(=O)O. The van der Waals surface area contributed by atoms with E-state index in [4.69, 9.17) is 22.9 Å². The third-order valence-corrected chi connectivity index (χ3v) is 12.7. The first kappa shape index (κ1) is 73.6. The number of nitrogens with two attached hydrogens (primary N) is 4. The van der Waals surface area contributed by atoms with Gasteiger partial charge in [-0.25, -0.2) is 14.6 Å². The molecule has 0 saturated heterocycles. The fourth-order valence-corrected chi connectivity index (χ4v) is 7.87. The molecule has 22 N–H and O–H groups in total. The summed E-state index contributed by atoms with van der Waals surface area (Å²) in [4.78, 5) is 174. The average Bonchev–Trinajstić information content (AvgIpc) is 3.59. The Hall–Kier alpha value is -8.37. The molecule has 10 amide bonds. The number of aliphatic hydroxyl groups excluding tert-OH is 1. The van der Waals surface area contributed by atoms with Crippen molar-refractivity contribution in [2.24, 2.45) is 33.8 Å². The van der Waals surface area contributed by atoms with Gasteiger partial charge >= 0.3 is 29.9 Å². The van der Waals surface area contributed by atoms with Crippen molar-refractivity contribution >= 4 is 94.9 Å². The molecule has 0 bridgehead atoms. The summed E-state index contributed by atoms with van der Waals surface area (Å²) in [5.74, 6) is -14.9. The number of guanidine groups is 1. The molecule has 1 rings (SSSR count). The number of nitrogens with one attached hydrogen (secondary N) is 9. The van der Waals surface area contributed by atoms with E-state index in [-0.39, 0.29) is 63.5 Å². The second-order valence-electron chi connectivity index (χ2n) is 19.4. The third-order valence-electron chi connectivity index (χ3n) is 12.1. The number of aliphatic carboxylic acids is 4. The lowest BCUT2D eigenvalue weighted by Gasteiger charge is -2.30. The van der Waals surface area contributed by atoms with Crippen molar-refractivity contribution in [2.75, 3.05) is 38.2 Å². The standard InChI is InChI=1S/C50H81N15O18S/c1-26(2)39(63-43(76)32(16-18-37(69)70)58-41(74)29(52)25-66)47(80)59-30(13-8-9-19-51)46(79)64-65(21-22-84-4)50(83)62-35(24-38(71)72)44(77)56-27(3)40(73)57-31(15-17-36(67)68)42(75)61-34(23-28-11-6-5-7-12-28)45(78)60-33(48(81)82)14-10-20-55-49(53)54/h5-7,11-12,26-27,29-35,39,66H,8-10,13-25,51-52H2,1-4H3,(H,56,77)(H,57,73)(H,58,74)(H,59,80)(H,60,78)(H,61,75)(H,62,83)(H,63,76)(H,64,79)(H,67,68)(H,69,70)(H,71,72)(H,81,82)(H4,53,54,55)/t27-,29-,30-,31-,32-,33-,34-,35-,39-/m0/s1. The van der Waals surface area contributed by atoms with Crippen molar-refractivity contribution < 1.29 is 87.9 Å². The first-order chi connectivity index (χ1) is 39.5. The van der Waals surface area contributed by atoms with Crippen LogP contribution < -0.4 is 70.9 Å². The summed E-state index contributed by atoms with van der Waals surface area (Å²) in [6.07, 6.45) is -1.47. The van der Waals surface area contributed by atoms with E-state index in [1.54, 1.807) is 36.6 Å². The number of hydrogen-bond acceptors (Lipinski definition) is 18. The predicted molar refractivity (Wildman–Crippen MR) is 301 cm³/mol. The fraction of sp³-hybridized carbons (Fsp3) is 0.600. The molecular weight excluding hydrogens is 1130 g/mol. The maximum atomic E-state index is 14.0. The van der Waals surface area contributed by atoms with Crippen LogP contribution >= 0.6 is 11.8 Å². The van der Waals surface area contributed by atoms with Crippen LogP contribution in [0.25, 0.3) is 0 Å². The van der Waals surface area contributed by atoms with E-state index < -0.39 is 176 Å². The van der Waals surface area contributed by atoms with Crippen LogP contribution in [0.4, 0.5) is 4.79 Å². The minimum Gasteiger partial charge on any atom is -0.481 e. The van der Waals surface area contributed by atoms with Gasteiger partial charge in [0.05, 0.1) is 19.6 Å². The van der Waals surface area contributed by atoms with Gasteiger partial charge in [0, 0.05) is 31.6 Å². The number of urea groups is 1. The van der Waals surface area contributed by atoms with Crippen LogP contribution in [0.15, 0.2) is 35.3 Å². The number of carbonyl (C=O) groups excluding carboxylic acids is 9. The number of carboxylic acids is 4. The van der Waals surface area contributed by atoms with Gasteiger partial charge in [-0.1, -0.05) is 44.2 Å². The highest BCUT2D eigenvalue weighted by Crippen LogP contribution is 2.11. The van der Waals surface area contributed by atoms with Crippen LogP contribution in [0.5, 0.6) is 0 Å². The summed E-state index contributed by atoms with van der Waals surface area (Å²) in [5, 5.41) is 67.2. The lowest BCUT2D eigenvalue weighted by Crippen LogP contribution is -2.62. The number of benzene rings is 1. The summed E-state index contributed by atoms with van der Waals surface area (Å²) in [7, 11) is 0. The van der Waals surface area contributed by atoms with Crippen LogP contribution in [-0.4, -0.2) is 206 Å². The maximum absolute atomic E-state index is 14.0. The third kappa shape index (κ3) is 29.0. The molecule has 1 aromatic carbocycles. The van der Waals surface area contributed by atoms with Gasteiger partial charge in [0.2, 0.25) is 41.4 Å². The number of unbranched alkanes of at least 4 members (excludes halogenated alkanes) is 1. The molecular formula is C50H81N15O18S. The highest BCUT2D eigenvalue weighted by Gasteiger charge is 2.36. The van der Waals surface area contributed by atoms with Crippen molar-refractivity contribution in [3.8, 4) is 0 Å². The Balaban J connectivity index is 3.44. The molecule has 0 fully saturated rings. The van der Waals surface area contributed by atoms with Crippen LogP contribution in [0.1, 0.15) is 90.5 Å². The number of nitrogens with zero attached hydrogens (tertiary/aromatic N) is 2. The number of aliphatic imine (C=N–C) groups is 1. The Bertz CT molecular complexity index is 2440. The van der Waals surface area contributed by atoms with E-state index in [9.17, 15) is 87.9 Å². The quantitative estimate of drug-likeness (QED) is 0.0126. The molecule has 0 aliphatic rings. The number of amides is 10. The van der Waals surface area contributed by atoms with E-state index in [1.165, 1.54) is 25.6 Å². The molecule has 9 atom stereocenters. The molecule has 0 heterocycles. The first-order valence-corrected chi connectivity index (χ1v) is 28.0. The van der Waals surface area contributed by atoms with Gasteiger partial charge in [-0.05, 0) is 76.2 Å². The van der Waals surface area contributed by atoms with E-state index >= 15 is 0 Å². The lowest BCUT2D eigenvalue weighted by molar-refractivity contribution is -0.142. The van der Waals surface area contributed by atoms with Gasteiger partial charge in [-0.3, -0.25) is 63.2 Å². The summed E-state index contributed by atoms with van der Waals surface area (Å²) >= 11 is 1.20. The first-order valence-electron chi connectivity index (χ1n) is 26.6. The minimum absolute atomic E-state index is 0.0379. The van der Waals surface area contributed by atoms with Crippen molar-refractivity contribution in [3.05, 3.63) is 35.9 Å². The second-order valence-corrected chi connectivity index (χ2v) is 20.4. The van der Waals surface area contributed by atoms with Crippen LogP contribution in [0.3, 0.4) is 0 Å². The Labute approximate surface area is 488 Å². The minimum atomic E-state index is -1.97. The van der Waals surface area contributed by atoms with Crippen LogP contribution in [0.2, 0.25) is 0 Å². The van der Waals surface area contributed by atoms with Crippen LogP contribution in [0, 0.1) is 5.92 Å². The van der Waals surface area contributed by atoms with E-state index in [0.717, 1.165) is 6.92 Å². The molecule has 0 radical (unpaired) electrons. The summed E-state index contributed by atoms with van der Waals surface area (Å²) < 4.78 is 0. The van der Waals surface area contributed by atoms with Gasteiger partial charge in [-0.15, -0.1) is 0 Å². The molecule has 0 unspecified atom stereocenters. The van der Waals surface area contributed by atoms with Gasteiger partial charge < -0.3 is 91.0 Å². The average molecular weight is 1210 g/mol. The fourth-order valence-electron chi connectivity index (χ4n) is 7.50. The number of thioether (sulfide) groups is 1. The predicted octanol–water partition coefficient (Wildman–Crippen LogP) is -5.14. The summed E-state index contributed by atoms with van der Waals surface area (Å²) in [5.41, 5.74) is 24.8. The van der Waals surface area contributed by atoms with Gasteiger partial charge in [-0.2, -0.15) is 11.8 Å². The number of hydrazine groups is 1. The highest BCUT2D eigenvalue weighted by atomic mass is 32.2. The van der Waals surface area contributed by atoms with Crippen molar-refractivity contribution in [1.29, 1.82) is 0 Å². The Kier molecular flexibility index (Phi) is 34.3. The second kappa shape index (κ2) is 39.2. The molecule has 84 heavy (non-hydrogen) atoms. The Morgan fingerprint density at radius 3 is 1.62 bits per heavy atom. The van der Waals surface area contributed by atoms with Gasteiger partial charge in [0.25, 0.3) is 5.91 Å². The topological polar surface area (TPSA) is 551 Å². The molecule has 0 aliphatic heterocycles. The van der Waals surface area contributed by atoms with Crippen molar-refractivity contribution in [1.82, 2.24) is 53.0 Å². The van der Waals surface area contributed by atoms with Crippen molar-refractivity contribution in [3.63, 3.8) is 0 Å². The van der Waals surface area contributed by atoms with E-state index in [1.807, 2.05) is 0 Å². The zero-order valence-corrected chi connectivity index (χ0v) is 47.9. The number of carboxylic acid groups (broad SMARTS) is 4. The zero-order valence-electron chi connectivity index (χ0n) is 47.1. The number of carbonyl (C=O) groups is 13. The number of rotatable bonds is 40. The maximum Gasteiger partial charge on any atom is 0.336 e. The Morgan fingerprint density at radius 2 is 1.10 bits per heavy atom. The number of hydrogen-bond donors (Lipinski definition) is 18. The molecule has 0 saturated carbocycles. The number of aliphatic hydroxyl groups is 1. The molecule has 470 valence electrons. The zero-order chi connectivity index (χ0) is 63.6. The summed E-state index contributed by atoms with van der Waals surface area (Å²) in [6, 6.07) is -7.24. The molecule has 33 nitrogen and oxygen atoms in total. The molecule has 34 heteroatoms. The molecule has 1 aromatic rings. The van der Waals surface area contributed by atoms with Gasteiger partial charge in [0.15, 0.2) is 5.96 Å². The Morgan fingerprint density at radius 1 is 0.583 bits per heavy atom. The molecule has 0 spiro atoms.